The van der Waals surface area contributed by atoms with E-state index in [-0.39, 0.29) is 12.3 Å². The molecule has 2 N–H and O–H groups in total. The number of sulfonamides is 1. The topological polar surface area (TPSA) is 131 Å². The number of carbonyl (C=O) groups is 1. The highest BCUT2D eigenvalue weighted by Crippen LogP contribution is 2.30. The Labute approximate surface area is 144 Å². The van der Waals surface area contributed by atoms with Crippen LogP contribution >= 0.6 is 0 Å². The lowest BCUT2D eigenvalue weighted by Gasteiger charge is -2.17. The second-order valence-corrected chi connectivity index (χ2v) is 6.32. The second kappa shape index (κ2) is 7.61. The molecule has 0 spiro atoms. The number of rotatable bonds is 7. The summed E-state index contributed by atoms with van der Waals surface area (Å²) in [6.07, 6.45) is -1.65. The number of aliphatic hydroxyl groups is 1. The molecule has 1 atom stereocenters. The monoisotopic (exact) mass is 392 g/mol. The molecule has 13 heteroatoms. The van der Waals surface area contributed by atoms with Crippen LogP contribution in [0.2, 0.25) is 0 Å². The number of ether oxygens (including phenoxy) is 1. The third kappa shape index (κ3) is 4.05. The number of nitrogens with one attached hydrogen (secondary N) is 1. The van der Waals surface area contributed by atoms with Crippen molar-refractivity contribution in [1.82, 2.24) is 15.0 Å². The van der Waals surface area contributed by atoms with Crippen LogP contribution in [-0.4, -0.2) is 47.6 Å². The number of aliphatic hydroxyl groups excluding tert-OH is 1. The third-order valence-corrected chi connectivity index (χ3v) is 3.96. The number of aldehydes is 1. The van der Waals surface area contributed by atoms with E-state index in [1.807, 2.05) is 0 Å². The number of aromatic nitrogens is 3. The lowest BCUT2D eigenvalue weighted by molar-refractivity contribution is 0.111. The first-order chi connectivity index (χ1) is 12.2. The number of para-hydroxylation sites is 1. The first-order valence-corrected chi connectivity index (χ1v) is 8.25. The van der Waals surface area contributed by atoms with Crippen molar-refractivity contribution in [2.24, 2.45) is 0 Å². The van der Waals surface area contributed by atoms with Gasteiger partial charge in [0.25, 0.3) is 10.0 Å². The first kappa shape index (κ1) is 19.5. The number of methoxy groups -OCH3 is 1. The van der Waals surface area contributed by atoms with Gasteiger partial charge in [0.05, 0.1) is 12.8 Å². The van der Waals surface area contributed by atoms with Crippen LogP contribution in [0.25, 0.3) is 0 Å². The molecule has 0 amide bonds. The number of nitrogens with zero attached hydrogens (tertiary/aromatic N) is 3. The van der Waals surface area contributed by atoms with Crippen LogP contribution in [0.3, 0.4) is 0 Å². The van der Waals surface area contributed by atoms with Crippen molar-refractivity contribution in [3.63, 3.8) is 0 Å². The zero-order valence-electron chi connectivity index (χ0n) is 12.9. The van der Waals surface area contributed by atoms with Crippen LogP contribution in [0.1, 0.15) is 28.1 Å². The Morgan fingerprint density at radius 1 is 1.27 bits per heavy atom. The highest BCUT2D eigenvalue weighted by atomic mass is 32.2. The van der Waals surface area contributed by atoms with Gasteiger partial charge in [0, 0.05) is 5.56 Å². The van der Waals surface area contributed by atoms with E-state index in [2.05, 4.69) is 15.0 Å². The van der Waals surface area contributed by atoms with E-state index in [1.165, 1.54) is 11.8 Å². The molecule has 0 saturated carbocycles. The van der Waals surface area contributed by atoms with Crippen molar-refractivity contribution < 1.29 is 36.2 Å². The van der Waals surface area contributed by atoms with Gasteiger partial charge in [-0.2, -0.15) is 18.7 Å². The molecule has 1 heterocycles. The molecule has 2 rings (SSSR count). The van der Waals surface area contributed by atoms with Crippen molar-refractivity contribution in [3.05, 3.63) is 41.2 Å². The van der Waals surface area contributed by atoms with Gasteiger partial charge < -0.3 is 9.84 Å². The molecular weight excluding hydrogens is 381 g/mol. The van der Waals surface area contributed by atoms with Gasteiger partial charge in [0.1, 0.15) is 11.9 Å². The molecule has 1 unspecified atom stereocenters. The summed E-state index contributed by atoms with van der Waals surface area (Å²) in [5, 5.41) is 10.4. The van der Waals surface area contributed by atoms with Crippen molar-refractivity contribution in [3.8, 4) is 6.01 Å². The summed E-state index contributed by atoms with van der Waals surface area (Å²) in [6, 6.07) is 2.62. The fraction of sp³-hybridized carbons (Fsp3) is 0.231. The summed E-state index contributed by atoms with van der Waals surface area (Å²) in [5.74, 6) is -5.95. The average molecular weight is 392 g/mol. The molecule has 0 radical (unpaired) electrons. The number of anilines is 1. The van der Waals surface area contributed by atoms with Crippen LogP contribution in [0.4, 0.5) is 18.9 Å². The maximum absolute atomic E-state index is 14.0. The van der Waals surface area contributed by atoms with Crippen LogP contribution in [0, 0.1) is 5.82 Å². The van der Waals surface area contributed by atoms with Gasteiger partial charge in [-0.3, -0.25) is 9.52 Å². The predicted molar refractivity (Wildman–Crippen MR) is 80.8 cm³/mol. The average Bonchev–Trinajstić information content (AvgIpc) is 2.62. The molecule has 0 saturated heterocycles. The molecule has 2 aromatic rings. The Balaban J connectivity index is 2.55. The van der Waals surface area contributed by atoms with Crippen molar-refractivity contribution in [2.45, 2.75) is 11.9 Å². The normalized spacial score (nSPS) is 12.7. The summed E-state index contributed by atoms with van der Waals surface area (Å²) >= 11 is 0. The molecule has 0 aliphatic heterocycles. The third-order valence-electron chi connectivity index (χ3n) is 3.00. The number of carbonyl (C=O) groups excluding carboxylic acids is 1. The van der Waals surface area contributed by atoms with Crippen LogP contribution in [0.5, 0.6) is 6.01 Å². The lowest BCUT2D eigenvalue weighted by atomic mass is 10.1. The Hall–Kier alpha value is -2.80. The molecule has 0 bridgehead atoms. The smallest absolute Gasteiger partial charge is 0.355 e. The minimum absolute atomic E-state index is 0.229. The van der Waals surface area contributed by atoms with Gasteiger partial charge in [-0.15, -0.1) is 0 Å². The second-order valence-electron chi connectivity index (χ2n) is 4.67. The molecule has 1 aromatic carbocycles. The van der Waals surface area contributed by atoms with Crippen LogP contribution in [-0.2, 0) is 10.0 Å². The van der Waals surface area contributed by atoms with Gasteiger partial charge in [0.2, 0.25) is 0 Å². The molecule has 140 valence electrons. The molecule has 0 aliphatic carbocycles. The molecule has 26 heavy (non-hydrogen) atoms. The van der Waals surface area contributed by atoms with E-state index in [9.17, 15) is 31.5 Å². The Morgan fingerprint density at radius 3 is 2.54 bits per heavy atom. The summed E-state index contributed by atoms with van der Waals surface area (Å²) in [4.78, 5) is 21.7. The Bertz CT molecular complexity index is 926. The van der Waals surface area contributed by atoms with E-state index in [1.54, 1.807) is 0 Å². The minimum atomic E-state index is -5.21. The first-order valence-electron chi connectivity index (χ1n) is 6.71. The fourth-order valence-corrected chi connectivity index (χ4v) is 2.45. The van der Waals surface area contributed by atoms with Crippen LogP contribution in [0.15, 0.2) is 18.2 Å². The number of alkyl halides is 2. The summed E-state index contributed by atoms with van der Waals surface area (Å²) in [6.45, 7) is 0. The van der Waals surface area contributed by atoms with Gasteiger partial charge in [-0.1, -0.05) is 12.1 Å². The quantitative estimate of drug-likeness (QED) is 0.664. The van der Waals surface area contributed by atoms with E-state index in [0.717, 1.165) is 18.2 Å². The summed E-state index contributed by atoms with van der Waals surface area (Å²) < 4.78 is 67.9. The molecule has 0 aliphatic rings. The maximum Gasteiger partial charge on any atom is 0.355 e. The van der Waals surface area contributed by atoms with Crippen LogP contribution < -0.4 is 9.46 Å². The largest absolute Gasteiger partial charge is 0.467 e. The van der Waals surface area contributed by atoms with E-state index in [0.29, 0.717) is 0 Å². The molecular formula is C13H11F3N4O5S. The van der Waals surface area contributed by atoms with Crippen molar-refractivity contribution in [1.29, 1.82) is 0 Å². The van der Waals surface area contributed by atoms with Crippen molar-refractivity contribution in [2.75, 3.05) is 11.8 Å². The molecule has 9 nitrogen and oxygen atoms in total. The standard InChI is InChI=1S/C13H11F3N4O5S/c1-25-13-18-8(5-21)17-11(19-13)10(22)6-3-2-4-7(14)9(6)20-26(23,24)12(15)16/h2-5,10,12,20,22H,1H3. The van der Waals surface area contributed by atoms with Crippen molar-refractivity contribution >= 4 is 22.0 Å². The van der Waals surface area contributed by atoms with Gasteiger partial charge in [0.15, 0.2) is 17.9 Å². The highest BCUT2D eigenvalue weighted by Gasteiger charge is 2.29. The Kier molecular flexibility index (Phi) is 5.72. The summed E-state index contributed by atoms with van der Waals surface area (Å²) in [5.41, 5.74) is -1.37. The number of halogens is 3. The van der Waals surface area contributed by atoms with Gasteiger partial charge in [-0.25, -0.2) is 17.8 Å². The number of hydrogen-bond acceptors (Lipinski definition) is 8. The number of benzene rings is 1. The van der Waals surface area contributed by atoms with E-state index < -0.39 is 50.6 Å². The number of hydrogen-bond donors (Lipinski definition) is 2. The van der Waals surface area contributed by atoms with Gasteiger partial charge >= 0.3 is 11.8 Å². The minimum Gasteiger partial charge on any atom is -0.467 e. The van der Waals surface area contributed by atoms with E-state index in [4.69, 9.17) is 4.74 Å². The zero-order valence-corrected chi connectivity index (χ0v) is 13.7. The Morgan fingerprint density at radius 2 is 1.96 bits per heavy atom. The van der Waals surface area contributed by atoms with Gasteiger partial charge in [-0.05, 0) is 6.07 Å². The predicted octanol–water partition coefficient (Wildman–Crippen LogP) is 0.878. The maximum atomic E-state index is 14.0. The lowest BCUT2D eigenvalue weighted by Crippen LogP contribution is -2.23. The SMILES string of the molecule is COc1nc(C=O)nc(C(O)c2cccc(F)c2NS(=O)(=O)C(F)F)n1. The molecule has 0 fully saturated rings. The fourth-order valence-electron chi connectivity index (χ4n) is 1.86. The zero-order chi connectivity index (χ0) is 19.5. The highest BCUT2D eigenvalue weighted by molar-refractivity contribution is 7.93. The summed E-state index contributed by atoms with van der Waals surface area (Å²) in [7, 11) is -4.03. The molecule has 1 aromatic heterocycles. The van der Waals surface area contributed by atoms with E-state index >= 15 is 0 Å².